The number of hydrogen-bond acceptors (Lipinski definition) is 5. The van der Waals surface area contributed by atoms with Crippen molar-refractivity contribution in [1.82, 2.24) is 9.66 Å². The van der Waals surface area contributed by atoms with Crippen LogP contribution in [0.1, 0.15) is 43.3 Å². The molecular weight excluding hydrogens is 506 g/mol. The summed E-state index contributed by atoms with van der Waals surface area (Å²) in [7, 11) is 1.60. The van der Waals surface area contributed by atoms with E-state index in [1.54, 1.807) is 19.4 Å². The minimum Gasteiger partial charge on any atom is -0.493 e. The number of ether oxygens (including phenoxy) is 2. The van der Waals surface area contributed by atoms with E-state index in [0.717, 1.165) is 10.0 Å². The molecule has 0 N–H and O–H groups in total. The van der Waals surface area contributed by atoms with Gasteiger partial charge in [-0.25, -0.2) is 4.98 Å². The molecule has 0 amide bonds. The maximum Gasteiger partial charge on any atom is 0.282 e. The summed E-state index contributed by atoms with van der Waals surface area (Å²) in [5, 5.41) is 5.08. The Bertz CT molecular complexity index is 1450. The average Bonchev–Trinajstić information content (AvgIpc) is 2.82. The molecule has 4 aromatic rings. The number of aromatic nitrogens is 2. The number of aryl methyl sites for hydroxylation is 1. The minimum absolute atomic E-state index is 0.234. The summed E-state index contributed by atoms with van der Waals surface area (Å²) < 4.78 is 13.9. The molecule has 0 atom stereocenters. The van der Waals surface area contributed by atoms with Gasteiger partial charge in [-0.2, -0.15) is 9.78 Å². The van der Waals surface area contributed by atoms with E-state index in [1.165, 1.54) is 10.2 Å². The number of hydrogen-bond donors (Lipinski definition) is 0. The van der Waals surface area contributed by atoms with Gasteiger partial charge >= 0.3 is 0 Å². The van der Waals surface area contributed by atoms with Crippen LogP contribution >= 0.6 is 15.9 Å². The smallest absolute Gasteiger partial charge is 0.282 e. The fourth-order valence-corrected chi connectivity index (χ4v) is 4.01. The molecule has 35 heavy (non-hydrogen) atoms. The Hall–Kier alpha value is -3.45. The lowest BCUT2D eigenvalue weighted by molar-refractivity contribution is 0.284. The van der Waals surface area contributed by atoms with Crippen molar-refractivity contribution in [2.24, 2.45) is 5.10 Å². The van der Waals surface area contributed by atoms with Gasteiger partial charge < -0.3 is 9.47 Å². The van der Waals surface area contributed by atoms with Crippen molar-refractivity contribution in [2.75, 3.05) is 7.11 Å². The maximum atomic E-state index is 13.4. The Labute approximate surface area is 213 Å². The van der Waals surface area contributed by atoms with Crippen molar-refractivity contribution in [2.45, 2.75) is 39.7 Å². The van der Waals surface area contributed by atoms with E-state index in [4.69, 9.17) is 14.5 Å². The fourth-order valence-electron chi connectivity index (χ4n) is 3.65. The number of benzene rings is 3. The normalized spacial score (nSPS) is 11.8. The van der Waals surface area contributed by atoms with Crippen LogP contribution in [0.3, 0.4) is 0 Å². The largest absolute Gasteiger partial charge is 0.493 e. The van der Waals surface area contributed by atoms with Crippen LogP contribution in [0.2, 0.25) is 0 Å². The molecule has 4 rings (SSSR count). The van der Waals surface area contributed by atoms with Crippen molar-refractivity contribution < 1.29 is 9.47 Å². The molecule has 3 aromatic carbocycles. The minimum atomic E-state index is -0.406. The van der Waals surface area contributed by atoms with Crippen molar-refractivity contribution in [3.8, 4) is 11.5 Å². The highest BCUT2D eigenvalue weighted by Crippen LogP contribution is 2.31. The molecule has 0 fully saturated rings. The van der Waals surface area contributed by atoms with E-state index in [9.17, 15) is 4.79 Å². The number of nitrogens with zero attached hydrogens (tertiary/aromatic N) is 3. The molecule has 0 aliphatic carbocycles. The first-order valence-corrected chi connectivity index (χ1v) is 12.1. The van der Waals surface area contributed by atoms with Crippen LogP contribution in [0, 0.1) is 6.92 Å². The lowest BCUT2D eigenvalue weighted by Crippen LogP contribution is -2.29. The van der Waals surface area contributed by atoms with Gasteiger partial charge in [0.2, 0.25) is 0 Å². The Morgan fingerprint density at radius 2 is 1.83 bits per heavy atom. The summed E-state index contributed by atoms with van der Waals surface area (Å²) >= 11 is 3.45. The van der Waals surface area contributed by atoms with E-state index in [2.05, 4.69) is 33.2 Å². The standard InChI is InChI=1S/C28H28BrN3O3/c1-18-9-11-19(12-10-18)17-35-25-20(7-6-8-24(25)34-5)16-30-32-26(33)22-15-21(29)13-14-23(22)31-27(32)28(2,3)4/h6-16H,17H2,1-5H3. The molecular formula is C28H28BrN3O3. The Morgan fingerprint density at radius 1 is 1.09 bits per heavy atom. The zero-order valence-electron chi connectivity index (χ0n) is 20.5. The van der Waals surface area contributed by atoms with Crippen molar-refractivity contribution in [3.63, 3.8) is 0 Å². The third-order valence-corrected chi connectivity index (χ3v) is 6.02. The summed E-state index contributed by atoms with van der Waals surface area (Å²) in [5.41, 5.74) is 2.92. The summed E-state index contributed by atoms with van der Waals surface area (Å²) in [5.74, 6) is 1.71. The van der Waals surface area contributed by atoms with Crippen LogP contribution < -0.4 is 15.0 Å². The molecule has 180 valence electrons. The van der Waals surface area contributed by atoms with E-state index in [0.29, 0.717) is 40.4 Å². The molecule has 0 aliphatic heterocycles. The molecule has 1 heterocycles. The molecule has 0 radical (unpaired) electrons. The van der Waals surface area contributed by atoms with Crippen molar-refractivity contribution in [3.05, 3.63) is 98.0 Å². The van der Waals surface area contributed by atoms with Crippen LogP contribution in [0.15, 0.2) is 75.0 Å². The monoisotopic (exact) mass is 533 g/mol. The maximum absolute atomic E-state index is 13.4. The van der Waals surface area contributed by atoms with Crippen molar-refractivity contribution >= 4 is 33.0 Å². The lowest BCUT2D eigenvalue weighted by atomic mass is 9.95. The first-order chi connectivity index (χ1) is 16.7. The summed E-state index contributed by atoms with van der Waals surface area (Å²) in [6.07, 6.45) is 1.62. The summed E-state index contributed by atoms with van der Waals surface area (Å²) in [6.45, 7) is 8.45. The first-order valence-electron chi connectivity index (χ1n) is 11.3. The SMILES string of the molecule is COc1cccc(C=Nn2c(C(C)(C)C)nc3ccc(Br)cc3c2=O)c1OCc1ccc(C)cc1. The fraction of sp³-hybridized carbons (Fsp3) is 0.250. The predicted molar refractivity (Wildman–Crippen MR) is 144 cm³/mol. The molecule has 0 aliphatic rings. The Balaban J connectivity index is 1.78. The van der Waals surface area contributed by atoms with Crippen molar-refractivity contribution in [1.29, 1.82) is 0 Å². The van der Waals surface area contributed by atoms with E-state index in [-0.39, 0.29) is 5.56 Å². The molecule has 1 aromatic heterocycles. The van der Waals surface area contributed by atoms with Crippen LogP contribution in [0.5, 0.6) is 11.5 Å². The van der Waals surface area contributed by atoms with Crippen LogP contribution in [0.4, 0.5) is 0 Å². The van der Waals surface area contributed by atoms with Gasteiger partial charge in [-0.15, -0.1) is 0 Å². The number of rotatable bonds is 6. The first kappa shape index (κ1) is 24.7. The predicted octanol–water partition coefficient (Wildman–Crippen LogP) is 6.23. The van der Waals surface area contributed by atoms with Gasteiger partial charge in [-0.1, -0.05) is 72.6 Å². The van der Waals surface area contributed by atoms with Crippen LogP contribution in [0.25, 0.3) is 10.9 Å². The number of para-hydroxylation sites is 1. The molecule has 6 nitrogen and oxygen atoms in total. The van der Waals surface area contributed by atoms with Gasteiger partial charge in [-0.3, -0.25) is 4.79 Å². The third kappa shape index (κ3) is 5.46. The van der Waals surface area contributed by atoms with Gasteiger partial charge in [0, 0.05) is 15.5 Å². The lowest BCUT2D eigenvalue weighted by Gasteiger charge is -2.21. The highest BCUT2D eigenvalue weighted by Gasteiger charge is 2.23. The molecule has 0 spiro atoms. The molecule has 0 saturated carbocycles. The van der Waals surface area contributed by atoms with Crippen LogP contribution in [-0.4, -0.2) is 23.0 Å². The van der Waals surface area contributed by atoms with Gasteiger partial charge in [-0.05, 0) is 42.8 Å². The zero-order chi connectivity index (χ0) is 25.2. The summed E-state index contributed by atoms with van der Waals surface area (Å²) in [4.78, 5) is 18.2. The highest BCUT2D eigenvalue weighted by atomic mass is 79.9. The van der Waals surface area contributed by atoms with Crippen LogP contribution in [-0.2, 0) is 12.0 Å². The molecule has 0 bridgehead atoms. The summed E-state index contributed by atoms with van der Waals surface area (Å²) in [6, 6.07) is 19.2. The topological polar surface area (TPSA) is 65.7 Å². The second kappa shape index (κ2) is 10.0. The quantitative estimate of drug-likeness (QED) is 0.275. The zero-order valence-corrected chi connectivity index (χ0v) is 22.1. The van der Waals surface area contributed by atoms with E-state index >= 15 is 0 Å². The third-order valence-electron chi connectivity index (χ3n) is 5.52. The van der Waals surface area contributed by atoms with Gasteiger partial charge in [0.25, 0.3) is 5.56 Å². The van der Waals surface area contributed by atoms with Gasteiger partial charge in [0.15, 0.2) is 11.5 Å². The average molecular weight is 534 g/mol. The number of fused-ring (bicyclic) bond motifs is 1. The van der Waals surface area contributed by atoms with E-state index in [1.807, 2.05) is 70.2 Å². The van der Waals surface area contributed by atoms with Gasteiger partial charge in [0.05, 0.1) is 24.2 Å². The van der Waals surface area contributed by atoms with Gasteiger partial charge in [0.1, 0.15) is 12.4 Å². The second-order valence-electron chi connectivity index (χ2n) is 9.36. The second-order valence-corrected chi connectivity index (χ2v) is 10.3. The number of halogens is 1. The highest BCUT2D eigenvalue weighted by molar-refractivity contribution is 9.10. The molecule has 7 heteroatoms. The Morgan fingerprint density at radius 3 is 2.51 bits per heavy atom. The number of methoxy groups -OCH3 is 1. The molecule has 0 saturated heterocycles. The Kier molecular flexibility index (Phi) is 7.08. The van der Waals surface area contributed by atoms with E-state index < -0.39 is 5.41 Å². The molecule has 0 unspecified atom stereocenters.